The molecule has 9 heteroatoms. The fourth-order valence-electron chi connectivity index (χ4n) is 8.69. The van der Waals surface area contributed by atoms with Gasteiger partial charge in [-0.2, -0.15) is 0 Å². The molecule has 8 nitrogen and oxygen atoms in total. The van der Waals surface area contributed by atoms with Gasteiger partial charge >= 0.3 is 0 Å². The highest BCUT2D eigenvalue weighted by Crippen LogP contribution is 2.38. The number of phosphoric acid groups is 1. The SMILES string of the molecule is CCCCCCCCCCCCCCCCCCCCCCCCCC(=O)NC(COP(=O)([O-])OCC[N+](C)(C)C)C(O)CCCCCCCCCCCCCCCCCCCC. The number of nitrogens with zero attached hydrogens (tertiary/aromatic N) is 1. The third-order valence-corrected chi connectivity index (χ3v) is 14.1. The number of hydrogen-bond donors (Lipinski definition) is 2. The predicted molar refractivity (Wildman–Crippen MR) is 270 cm³/mol. The van der Waals surface area contributed by atoms with Gasteiger partial charge in [0.2, 0.25) is 5.91 Å². The Morgan fingerprint density at radius 1 is 0.492 bits per heavy atom. The lowest BCUT2D eigenvalue weighted by Crippen LogP contribution is -2.46. The zero-order valence-electron chi connectivity index (χ0n) is 43.1. The minimum absolute atomic E-state index is 0.0166. The van der Waals surface area contributed by atoms with Crippen molar-refractivity contribution in [2.45, 2.75) is 302 Å². The largest absolute Gasteiger partial charge is 0.756 e. The summed E-state index contributed by atoms with van der Waals surface area (Å²) >= 11 is 0. The normalized spacial score (nSPS) is 14.0. The van der Waals surface area contributed by atoms with Crippen LogP contribution < -0.4 is 10.2 Å². The van der Waals surface area contributed by atoms with E-state index in [0.717, 1.165) is 38.5 Å². The Bertz CT molecular complexity index is 994. The van der Waals surface area contributed by atoms with Crippen molar-refractivity contribution in [3.63, 3.8) is 0 Å². The summed E-state index contributed by atoms with van der Waals surface area (Å²) in [5.74, 6) is -0.157. The Balaban J connectivity index is 4.14. The van der Waals surface area contributed by atoms with Crippen LogP contribution in [0.1, 0.15) is 290 Å². The third-order valence-electron chi connectivity index (χ3n) is 13.1. The number of aliphatic hydroxyl groups excluding tert-OH is 1. The van der Waals surface area contributed by atoms with E-state index >= 15 is 0 Å². The number of carbonyl (C=O) groups is 1. The molecular formula is C54H111N2O6P. The van der Waals surface area contributed by atoms with E-state index < -0.39 is 20.0 Å². The van der Waals surface area contributed by atoms with Crippen molar-refractivity contribution in [3.8, 4) is 0 Å². The quantitative estimate of drug-likeness (QED) is 0.0357. The van der Waals surface area contributed by atoms with E-state index in [1.165, 1.54) is 225 Å². The number of amides is 1. The molecule has 0 spiro atoms. The Morgan fingerprint density at radius 2 is 0.778 bits per heavy atom. The molecule has 0 saturated carbocycles. The molecule has 0 saturated heterocycles. The molecule has 0 aliphatic carbocycles. The summed E-state index contributed by atoms with van der Waals surface area (Å²) in [7, 11) is 1.32. The Hall–Kier alpha value is -0.500. The first-order valence-electron chi connectivity index (χ1n) is 27.9. The summed E-state index contributed by atoms with van der Waals surface area (Å²) in [4.78, 5) is 25.5. The topological polar surface area (TPSA) is 108 Å². The minimum Gasteiger partial charge on any atom is -0.756 e. The molecule has 0 fully saturated rings. The highest BCUT2D eigenvalue weighted by Gasteiger charge is 2.24. The van der Waals surface area contributed by atoms with E-state index in [0.29, 0.717) is 23.9 Å². The molecule has 0 radical (unpaired) electrons. The summed E-state index contributed by atoms with van der Waals surface area (Å²) < 4.78 is 23.4. The average molecular weight is 915 g/mol. The number of aliphatic hydroxyl groups is 1. The van der Waals surface area contributed by atoms with E-state index in [1.54, 1.807) is 0 Å². The van der Waals surface area contributed by atoms with Crippen molar-refractivity contribution in [3.05, 3.63) is 0 Å². The number of likely N-dealkylation sites (N-methyl/N-ethyl adjacent to an activating group) is 1. The van der Waals surface area contributed by atoms with E-state index in [2.05, 4.69) is 19.2 Å². The maximum Gasteiger partial charge on any atom is 0.268 e. The molecule has 1 amide bonds. The van der Waals surface area contributed by atoms with Gasteiger partial charge in [0, 0.05) is 6.42 Å². The van der Waals surface area contributed by atoms with Gasteiger partial charge in [-0.1, -0.05) is 271 Å². The van der Waals surface area contributed by atoms with Crippen LogP contribution in [0, 0.1) is 0 Å². The van der Waals surface area contributed by atoms with Crippen molar-refractivity contribution < 1.29 is 32.9 Å². The molecule has 0 heterocycles. The molecule has 0 bridgehead atoms. The molecule has 0 aliphatic rings. The summed E-state index contributed by atoms with van der Waals surface area (Å²) in [5.41, 5.74) is 0. The number of phosphoric ester groups is 1. The first-order valence-corrected chi connectivity index (χ1v) is 29.3. The van der Waals surface area contributed by atoms with Crippen LogP contribution in [0.15, 0.2) is 0 Å². The van der Waals surface area contributed by atoms with Crippen LogP contribution in [-0.4, -0.2) is 68.5 Å². The van der Waals surface area contributed by atoms with Gasteiger partial charge in [-0.25, -0.2) is 0 Å². The highest BCUT2D eigenvalue weighted by atomic mass is 31.2. The molecule has 378 valence electrons. The summed E-state index contributed by atoms with van der Waals surface area (Å²) in [6.07, 6.45) is 54.1. The summed E-state index contributed by atoms with van der Waals surface area (Å²) in [6.45, 7) is 4.77. The van der Waals surface area contributed by atoms with Crippen LogP contribution in [0.5, 0.6) is 0 Å². The van der Waals surface area contributed by atoms with Crippen LogP contribution in [0.25, 0.3) is 0 Å². The van der Waals surface area contributed by atoms with Crippen LogP contribution >= 0.6 is 7.82 Å². The van der Waals surface area contributed by atoms with Gasteiger partial charge in [0.1, 0.15) is 13.2 Å². The van der Waals surface area contributed by atoms with Gasteiger partial charge in [0.25, 0.3) is 7.82 Å². The number of unbranched alkanes of at least 4 members (excludes halogenated alkanes) is 39. The maximum absolute atomic E-state index is 13.0. The highest BCUT2D eigenvalue weighted by molar-refractivity contribution is 7.45. The third kappa shape index (κ3) is 49.2. The smallest absolute Gasteiger partial charge is 0.268 e. The molecule has 0 aromatic rings. The van der Waals surface area contributed by atoms with Crippen molar-refractivity contribution in [2.75, 3.05) is 40.9 Å². The molecule has 3 unspecified atom stereocenters. The van der Waals surface area contributed by atoms with Gasteiger partial charge < -0.3 is 28.8 Å². The molecule has 0 aliphatic heterocycles. The molecule has 0 aromatic heterocycles. The monoisotopic (exact) mass is 915 g/mol. The lowest BCUT2D eigenvalue weighted by Gasteiger charge is -2.30. The predicted octanol–water partition coefficient (Wildman–Crippen LogP) is 15.9. The lowest BCUT2D eigenvalue weighted by atomic mass is 10.0. The second kappa shape index (κ2) is 46.6. The second-order valence-electron chi connectivity index (χ2n) is 20.7. The molecule has 63 heavy (non-hydrogen) atoms. The zero-order valence-corrected chi connectivity index (χ0v) is 44.0. The van der Waals surface area contributed by atoms with Crippen LogP contribution in [0.3, 0.4) is 0 Å². The zero-order chi connectivity index (χ0) is 46.4. The molecular weight excluding hydrogens is 804 g/mol. The lowest BCUT2D eigenvalue weighted by molar-refractivity contribution is -0.870. The van der Waals surface area contributed by atoms with Gasteiger partial charge in [-0.3, -0.25) is 9.36 Å². The van der Waals surface area contributed by atoms with Crippen molar-refractivity contribution in [1.29, 1.82) is 0 Å². The van der Waals surface area contributed by atoms with Gasteiger partial charge in [0.05, 0.1) is 39.9 Å². The standard InChI is InChI=1S/C54H111N2O6P/c1-6-8-10-12-14-16-18-20-22-24-26-27-28-29-30-32-34-36-38-40-42-44-46-48-54(58)55-52(51-62-63(59,60)61-50-49-56(3,4)5)53(57)47-45-43-41-39-37-35-33-31-25-23-21-19-17-15-13-11-9-7-2/h52-53,57H,6-51H2,1-5H3,(H-,55,58,59,60). The van der Waals surface area contributed by atoms with E-state index in [1.807, 2.05) is 21.1 Å². The minimum atomic E-state index is -4.57. The van der Waals surface area contributed by atoms with E-state index in [4.69, 9.17) is 9.05 Å². The first-order chi connectivity index (χ1) is 30.5. The van der Waals surface area contributed by atoms with Crippen molar-refractivity contribution in [2.24, 2.45) is 0 Å². The molecule has 2 N–H and O–H groups in total. The molecule has 0 rings (SSSR count). The second-order valence-corrected chi connectivity index (χ2v) is 22.1. The van der Waals surface area contributed by atoms with Crippen LogP contribution in [0.4, 0.5) is 0 Å². The maximum atomic E-state index is 13.0. The number of rotatable bonds is 52. The molecule has 0 aromatic carbocycles. The number of carbonyl (C=O) groups excluding carboxylic acids is 1. The Morgan fingerprint density at radius 3 is 1.08 bits per heavy atom. The Kier molecular flexibility index (Phi) is 46.2. The van der Waals surface area contributed by atoms with Gasteiger partial charge in [-0.15, -0.1) is 0 Å². The van der Waals surface area contributed by atoms with Gasteiger partial charge in [-0.05, 0) is 12.8 Å². The van der Waals surface area contributed by atoms with E-state index in [9.17, 15) is 19.4 Å². The summed E-state index contributed by atoms with van der Waals surface area (Å²) in [5, 5.41) is 14.0. The average Bonchev–Trinajstić information content (AvgIpc) is 3.24. The molecule has 3 atom stereocenters. The number of hydrogen-bond acceptors (Lipinski definition) is 6. The van der Waals surface area contributed by atoms with E-state index in [-0.39, 0.29) is 19.1 Å². The summed E-state index contributed by atoms with van der Waals surface area (Å²) in [6, 6.07) is -0.794. The Labute approximate surface area is 393 Å². The first kappa shape index (κ1) is 62.5. The van der Waals surface area contributed by atoms with Crippen LogP contribution in [0.2, 0.25) is 0 Å². The van der Waals surface area contributed by atoms with Gasteiger partial charge in [0.15, 0.2) is 0 Å². The van der Waals surface area contributed by atoms with Crippen LogP contribution in [-0.2, 0) is 18.4 Å². The number of nitrogens with one attached hydrogen (secondary N) is 1. The fraction of sp³-hybridized carbons (Fsp3) is 0.981. The van der Waals surface area contributed by atoms with Crippen molar-refractivity contribution >= 4 is 13.7 Å². The van der Waals surface area contributed by atoms with Crippen molar-refractivity contribution in [1.82, 2.24) is 5.32 Å². The fourth-order valence-corrected chi connectivity index (χ4v) is 9.41. The number of quaternary nitrogens is 1.